The summed E-state index contributed by atoms with van der Waals surface area (Å²) in [6, 6.07) is 0. The molecule has 1 aromatic rings. The molecule has 0 radical (unpaired) electrons. The molecule has 272 valence electrons. The summed E-state index contributed by atoms with van der Waals surface area (Å²) >= 11 is 0. The van der Waals surface area contributed by atoms with Crippen LogP contribution in [0.4, 0.5) is 0 Å². The van der Waals surface area contributed by atoms with Crippen LogP contribution in [0.15, 0.2) is 12.4 Å². The van der Waals surface area contributed by atoms with Gasteiger partial charge in [0, 0.05) is 6.42 Å². The van der Waals surface area contributed by atoms with Crippen LogP contribution in [0.3, 0.4) is 0 Å². The summed E-state index contributed by atoms with van der Waals surface area (Å²) < 4.78 is 5.29. The summed E-state index contributed by atoms with van der Waals surface area (Å²) in [5.41, 5.74) is 0. The zero-order valence-corrected chi connectivity index (χ0v) is 32.4. The van der Waals surface area contributed by atoms with Crippen LogP contribution < -0.4 is 4.57 Å². The highest BCUT2D eigenvalue weighted by Gasteiger charge is 2.16. The molecule has 0 bridgehead atoms. The minimum absolute atomic E-state index is 1.23. The lowest BCUT2D eigenvalue weighted by Gasteiger charge is -2.07. The minimum atomic E-state index is 1.23. The van der Waals surface area contributed by atoms with Gasteiger partial charge in [-0.05, 0) is 32.1 Å². The molecule has 0 aliphatic heterocycles. The first-order chi connectivity index (χ1) is 22.8. The average Bonchev–Trinajstić information content (AvgIpc) is 3.45. The molecule has 1 rings (SSSR count). The van der Waals surface area contributed by atoms with E-state index in [1.165, 1.54) is 244 Å². The Kier molecular flexibility index (Phi) is 33.4. The fourth-order valence-electron chi connectivity index (χ4n) is 7.39. The highest BCUT2D eigenvalue weighted by Crippen LogP contribution is 2.16. The minimum Gasteiger partial charge on any atom is -0.234 e. The quantitative estimate of drug-likeness (QED) is 0.0501. The number of unbranched alkanes of at least 4 members (excludes halogenated alkanes) is 32. The standard InChI is InChI=1S/C44H87N2/c1-4-7-10-13-16-19-22-24-27-30-33-36-39-44-45(40-37-34-31-28-25-21-18-15-12-9-6-3)42-43-46(44)41-38-35-32-29-26-23-20-17-14-11-8-5-2/h42-43H,4-41H2,1-3H3/q+1. The van der Waals surface area contributed by atoms with E-state index < -0.39 is 0 Å². The van der Waals surface area contributed by atoms with Crippen LogP contribution in [0, 0.1) is 0 Å². The van der Waals surface area contributed by atoms with Gasteiger partial charge in [-0.3, -0.25) is 0 Å². The van der Waals surface area contributed by atoms with Crippen LogP contribution in [0.1, 0.15) is 251 Å². The highest BCUT2D eigenvalue weighted by atomic mass is 15.1. The van der Waals surface area contributed by atoms with Crippen molar-refractivity contribution in [1.29, 1.82) is 0 Å². The molecule has 0 saturated carbocycles. The van der Waals surface area contributed by atoms with Crippen LogP contribution in [0.2, 0.25) is 0 Å². The maximum absolute atomic E-state index is 2.65. The van der Waals surface area contributed by atoms with Crippen molar-refractivity contribution in [3.8, 4) is 0 Å². The summed E-state index contributed by atoms with van der Waals surface area (Å²) in [5, 5.41) is 0. The van der Waals surface area contributed by atoms with Crippen molar-refractivity contribution in [2.24, 2.45) is 0 Å². The van der Waals surface area contributed by atoms with Gasteiger partial charge >= 0.3 is 0 Å². The van der Waals surface area contributed by atoms with E-state index in [2.05, 4.69) is 42.3 Å². The molecule has 2 nitrogen and oxygen atoms in total. The molecule has 1 aromatic heterocycles. The Labute approximate surface area is 291 Å². The van der Waals surface area contributed by atoms with Crippen LogP contribution in [0.25, 0.3) is 0 Å². The van der Waals surface area contributed by atoms with E-state index in [0.29, 0.717) is 0 Å². The van der Waals surface area contributed by atoms with Crippen molar-refractivity contribution in [2.45, 2.75) is 265 Å². The monoisotopic (exact) mass is 644 g/mol. The number of imidazole rings is 1. The number of hydrogen-bond acceptors (Lipinski definition) is 0. The third kappa shape index (κ3) is 27.2. The second-order valence-electron chi connectivity index (χ2n) is 15.2. The number of aromatic nitrogens is 2. The number of rotatable bonds is 38. The predicted octanol–water partition coefficient (Wildman–Crippen LogP) is 15.0. The summed E-state index contributed by atoms with van der Waals surface area (Å²) in [6.07, 6.45) is 56.3. The highest BCUT2D eigenvalue weighted by molar-refractivity contribution is 4.84. The SMILES string of the molecule is CCCCCCCCCCCCCCc1n(CCCCCCCCCCCCCC)cc[n+]1CCCCCCCCCCCCC. The van der Waals surface area contributed by atoms with Crippen LogP contribution in [0.5, 0.6) is 0 Å². The normalized spacial score (nSPS) is 11.6. The smallest absolute Gasteiger partial charge is 0.234 e. The van der Waals surface area contributed by atoms with Crippen molar-refractivity contribution in [2.75, 3.05) is 0 Å². The second kappa shape index (κ2) is 35.5. The fraction of sp³-hybridized carbons (Fsp3) is 0.932. The van der Waals surface area contributed by atoms with Crippen molar-refractivity contribution in [3.63, 3.8) is 0 Å². The van der Waals surface area contributed by atoms with E-state index >= 15 is 0 Å². The molecule has 0 spiro atoms. The molecule has 0 saturated heterocycles. The van der Waals surface area contributed by atoms with Crippen molar-refractivity contribution in [3.05, 3.63) is 18.2 Å². The van der Waals surface area contributed by atoms with Gasteiger partial charge in [-0.2, -0.15) is 0 Å². The molecule has 0 unspecified atom stereocenters. The largest absolute Gasteiger partial charge is 0.256 e. The average molecular weight is 644 g/mol. The summed E-state index contributed by atoms with van der Waals surface area (Å²) in [4.78, 5) is 0. The first kappa shape index (κ1) is 43.2. The van der Waals surface area contributed by atoms with Gasteiger partial charge in [-0.15, -0.1) is 0 Å². The number of aryl methyl sites for hydroxylation is 2. The van der Waals surface area contributed by atoms with Crippen molar-refractivity contribution in [1.82, 2.24) is 4.57 Å². The lowest BCUT2D eigenvalue weighted by molar-refractivity contribution is -0.704. The Hall–Kier alpha value is -0.790. The van der Waals surface area contributed by atoms with Gasteiger partial charge in [-0.1, -0.05) is 213 Å². The van der Waals surface area contributed by atoms with Gasteiger partial charge in [0.1, 0.15) is 12.4 Å². The van der Waals surface area contributed by atoms with E-state index in [0.717, 1.165) is 0 Å². The molecule has 46 heavy (non-hydrogen) atoms. The van der Waals surface area contributed by atoms with Crippen molar-refractivity contribution >= 4 is 0 Å². The molecular weight excluding hydrogens is 556 g/mol. The Balaban J connectivity index is 2.29. The fourth-order valence-corrected chi connectivity index (χ4v) is 7.39. The summed E-state index contributed by atoms with van der Waals surface area (Å²) in [6.45, 7) is 9.41. The zero-order chi connectivity index (χ0) is 33.0. The Bertz CT molecular complexity index is 707. The van der Waals surface area contributed by atoms with E-state index in [1.54, 1.807) is 5.82 Å². The molecule has 0 atom stereocenters. The summed E-state index contributed by atoms with van der Waals surface area (Å²) in [5.74, 6) is 1.63. The Morgan fingerprint density at radius 2 is 0.674 bits per heavy atom. The second-order valence-corrected chi connectivity index (χ2v) is 15.2. The van der Waals surface area contributed by atoms with Gasteiger partial charge in [0.15, 0.2) is 0 Å². The summed E-state index contributed by atoms with van der Waals surface area (Å²) in [7, 11) is 0. The van der Waals surface area contributed by atoms with Gasteiger partial charge in [-0.25, -0.2) is 9.13 Å². The topological polar surface area (TPSA) is 8.81 Å². The van der Waals surface area contributed by atoms with Crippen LogP contribution in [-0.4, -0.2) is 4.57 Å². The van der Waals surface area contributed by atoms with Gasteiger partial charge in [0.25, 0.3) is 5.82 Å². The molecular formula is C44H87N2+. The van der Waals surface area contributed by atoms with Crippen LogP contribution >= 0.6 is 0 Å². The lowest BCUT2D eigenvalue weighted by atomic mass is 10.0. The molecule has 1 heterocycles. The Morgan fingerprint density at radius 1 is 0.370 bits per heavy atom. The molecule has 0 aromatic carbocycles. The molecule has 2 heteroatoms. The molecule has 0 fully saturated rings. The molecule has 0 amide bonds. The van der Waals surface area contributed by atoms with E-state index in [1.807, 2.05) is 0 Å². The number of nitrogens with zero attached hydrogens (tertiary/aromatic N) is 2. The Morgan fingerprint density at radius 3 is 1.04 bits per heavy atom. The first-order valence-electron chi connectivity index (χ1n) is 21.9. The van der Waals surface area contributed by atoms with Gasteiger partial charge < -0.3 is 0 Å². The zero-order valence-electron chi connectivity index (χ0n) is 32.4. The third-order valence-electron chi connectivity index (χ3n) is 10.6. The number of hydrogen-bond donors (Lipinski definition) is 0. The van der Waals surface area contributed by atoms with Gasteiger partial charge in [0.05, 0.1) is 13.1 Å². The maximum atomic E-state index is 2.65. The van der Waals surface area contributed by atoms with Gasteiger partial charge in [0.2, 0.25) is 0 Å². The molecule has 0 aliphatic carbocycles. The van der Waals surface area contributed by atoms with E-state index in [9.17, 15) is 0 Å². The van der Waals surface area contributed by atoms with Crippen molar-refractivity contribution < 1.29 is 4.57 Å². The maximum Gasteiger partial charge on any atom is 0.256 e. The molecule has 0 N–H and O–H groups in total. The van der Waals surface area contributed by atoms with Crippen LogP contribution in [-0.2, 0) is 19.5 Å². The first-order valence-corrected chi connectivity index (χ1v) is 21.9. The molecule has 0 aliphatic rings. The lowest BCUT2D eigenvalue weighted by Crippen LogP contribution is -2.37. The van der Waals surface area contributed by atoms with E-state index in [4.69, 9.17) is 0 Å². The van der Waals surface area contributed by atoms with E-state index in [-0.39, 0.29) is 0 Å². The third-order valence-corrected chi connectivity index (χ3v) is 10.6. The predicted molar refractivity (Wildman–Crippen MR) is 207 cm³/mol.